The van der Waals surface area contributed by atoms with E-state index in [0.29, 0.717) is 18.8 Å². The first-order valence-corrected chi connectivity index (χ1v) is 5.77. The number of carbonyl (C=O) groups excluding carboxylic acids is 1. The molecule has 1 aromatic carbocycles. The van der Waals surface area contributed by atoms with Crippen LogP contribution >= 0.6 is 0 Å². The molecule has 17 heavy (non-hydrogen) atoms. The summed E-state index contributed by atoms with van der Waals surface area (Å²) in [6, 6.07) is 6.82. The predicted octanol–water partition coefficient (Wildman–Crippen LogP) is 1.48. The van der Waals surface area contributed by atoms with E-state index in [4.69, 9.17) is 4.74 Å². The van der Waals surface area contributed by atoms with Gasteiger partial charge >= 0.3 is 0 Å². The summed E-state index contributed by atoms with van der Waals surface area (Å²) in [6.07, 6.45) is 0.184. The van der Waals surface area contributed by atoms with Crippen LogP contribution in [0, 0.1) is 0 Å². The zero-order valence-electron chi connectivity index (χ0n) is 10.3. The van der Waals surface area contributed by atoms with Crippen LogP contribution < -0.4 is 5.32 Å². The molecular formula is C13H19NO3. The van der Waals surface area contributed by atoms with Crippen molar-refractivity contribution in [2.24, 2.45) is 0 Å². The topological polar surface area (TPSA) is 58.6 Å². The number of phenolic OH excluding ortho intramolecular Hbond substituents is 1. The Morgan fingerprint density at radius 3 is 2.82 bits per heavy atom. The molecule has 0 saturated heterocycles. The van der Waals surface area contributed by atoms with Crippen LogP contribution in [0.25, 0.3) is 0 Å². The van der Waals surface area contributed by atoms with E-state index in [2.05, 4.69) is 5.32 Å². The summed E-state index contributed by atoms with van der Waals surface area (Å²) in [5, 5.41) is 12.3. The molecule has 0 saturated carbocycles. The minimum atomic E-state index is -0.112. The summed E-state index contributed by atoms with van der Waals surface area (Å²) in [7, 11) is 0. The van der Waals surface area contributed by atoms with Crippen LogP contribution in [0.2, 0.25) is 0 Å². The molecule has 0 radical (unpaired) electrons. The van der Waals surface area contributed by atoms with Crippen LogP contribution in [-0.4, -0.2) is 30.3 Å². The maximum Gasteiger partial charge on any atom is 0.224 e. The van der Waals surface area contributed by atoms with E-state index in [0.717, 1.165) is 0 Å². The van der Waals surface area contributed by atoms with Crippen LogP contribution in [0.5, 0.6) is 5.75 Å². The van der Waals surface area contributed by atoms with Gasteiger partial charge in [0.25, 0.3) is 0 Å². The lowest BCUT2D eigenvalue weighted by atomic mass is 10.1. The first-order chi connectivity index (χ1) is 8.13. The minimum Gasteiger partial charge on any atom is -0.508 e. The number of para-hydroxylation sites is 1. The first-order valence-electron chi connectivity index (χ1n) is 5.77. The third-order valence-electron chi connectivity index (χ3n) is 2.32. The average Bonchev–Trinajstić information content (AvgIpc) is 2.29. The Hall–Kier alpha value is -1.55. The van der Waals surface area contributed by atoms with Crippen LogP contribution in [0.1, 0.15) is 19.4 Å². The van der Waals surface area contributed by atoms with E-state index in [9.17, 15) is 9.90 Å². The molecule has 0 aliphatic rings. The van der Waals surface area contributed by atoms with Crippen molar-refractivity contribution in [2.75, 3.05) is 13.2 Å². The number of hydrogen-bond donors (Lipinski definition) is 2. The Bertz CT molecular complexity index is 365. The van der Waals surface area contributed by atoms with Crippen molar-refractivity contribution in [2.45, 2.75) is 26.3 Å². The van der Waals surface area contributed by atoms with E-state index < -0.39 is 0 Å². The molecule has 0 aromatic heterocycles. The highest BCUT2D eigenvalue weighted by molar-refractivity contribution is 5.79. The molecule has 1 rings (SSSR count). The van der Waals surface area contributed by atoms with Crippen molar-refractivity contribution in [1.82, 2.24) is 5.32 Å². The lowest BCUT2D eigenvalue weighted by Gasteiger charge is -2.13. The average molecular weight is 237 g/mol. The van der Waals surface area contributed by atoms with Crippen LogP contribution in [0.4, 0.5) is 0 Å². The summed E-state index contributed by atoms with van der Waals surface area (Å²) < 4.78 is 5.21. The number of aromatic hydroxyl groups is 1. The number of nitrogens with one attached hydrogen (secondary N) is 1. The summed E-state index contributed by atoms with van der Waals surface area (Å²) >= 11 is 0. The molecule has 1 amide bonds. The lowest BCUT2D eigenvalue weighted by Crippen LogP contribution is -2.36. The van der Waals surface area contributed by atoms with Crippen molar-refractivity contribution in [1.29, 1.82) is 0 Å². The molecular weight excluding hydrogens is 218 g/mol. The SMILES string of the molecule is CCOCC(C)NC(=O)Cc1ccccc1O. The van der Waals surface area contributed by atoms with Gasteiger partial charge in [-0.2, -0.15) is 0 Å². The van der Waals surface area contributed by atoms with Crippen molar-refractivity contribution < 1.29 is 14.6 Å². The normalized spacial score (nSPS) is 12.1. The second-order valence-corrected chi connectivity index (χ2v) is 3.93. The van der Waals surface area contributed by atoms with Gasteiger partial charge in [0.05, 0.1) is 13.0 Å². The van der Waals surface area contributed by atoms with E-state index in [1.165, 1.54) is 0 Å². The zero-order chi connectivity index (χ0) is 12.7. The van der Waals surface area contributed by atoms with Gasteiger partial charge in [-0.05, 0) is 19.9 Å². The van der Waals surface area contributed by atoms with Crippen LogP contribution in [0.3, 0.4) is 0 Å². The van der Waals surface area contributed by atoms with Crippen molar-refractivity contribution in [3.05, 3.63) is 29.8 Å². The molecule has 1 aromatic rings. The monoisotopic (exact) mass is 237 g/mol. The van der Waals surface area contributed by atoms with Gasteiger partial charge in [-0.15, -0.1) is 0 Å². The Balaban J connectivity index is 2.42. The number of hydrogen-bond acceptors (Lipinski definition) is 3. The molecule has 1 atom stereocenters. The fraction of sp³-hybridized carbons (Fsp3) is 0.462. The fourth-order valence-corrected chi connectivity index (χ4v) is 1.50. The minimum absolute atomic E-state index is 0.0201. The lowest BCUT2D eigenvalue weighted by molar-refractivity contribution is -0.121. The highest BCUT2D eigenvalue weighted by atomic mass is 16.5. The number of amides is 1. The van der Waals surface area contributed by atoms with Gasteiger partial charge in [0.2, 0.25) is 5.91 Å². The Morgan fingerprint density at radius 2 is 2.18 bits per heavy atom. The van der Waals surface area contributed by atoms with Crippen molar-refractivity contribution in [3.63, 3.8) is 0 Å². The van der Waals surface area contributed by atoms with E-state index in [1.807, 2.05) is 13.8 Å². The number of rotatable bonds is 6. The molecule has 0 aliphatic carbocycles. The molecule has 0 fully saturated rings. The largest absolute Gasteiger partial charge is 0.508 e. The molecule has 0 bridgehead atoms. The van der Waals surface area contributed by atoms with E-state index >= 15 is 0 Å². The highest BCUT2D eigenvalue weighted by Crippen LogP contribution is 2.15. The Morgan fingerprint density at radius 1 is 1.47 bits per heavy atom. The third kappa shape index (κ3) is 4.87. The molecule has 0 spiro atoms. The molecule has 2 N–H and O–H groups in total. The maximum absolute atomic E-state index is 11.7. The van der Waals surface area contributed by atoms with Gasteiger partial charge in [0, 0.05) is 18.2 Å². The number of benzene rings is 1. The molecule has 0 heterocycles. The predicted molar refractivity (Wildman–Crippen MR) is 65.9 cm³/mol. The van der Waals surface area contributed by atoms with E-state index in [1.54, 1.807) is 24.3 Å². The van der Waals surface area contributed by atoms with Gasteiger partial charge in [-0.25, -0.2) is 0 Å². The second-order valence-electron chi connectivity index (χ2n) is 3.93. The van der Waals surface area contributed by atoms with Gasteiger partial charge in [-0.3, -0.25) is 4.79 Å². The number of phenols is 1. The zero-order valence-corrected chi connectivity index (χ0v) is 10.3. The molecule has 0 aliphatic heterocycles. The van der Waals surface area contributed by atoms with Gasteiger partial charge in [-0.1, -0.05) is 18.2 Å². The summed E-state index contributed by atoms with van der Waals surface area (Å²) in [6.45, 7) is 4.94. The summed E-state index contributed by atoms with van der Waals surface area (Å²) in [5.41, 5.74) is 0.633. The number of carbonyl (C=O) groups is 1. The van der Waals surface area contributed by atoms with Crippen LogP contribution in [0.15, 0.2) is 24.3 Å². The quantitative estimate of drug-likeness (QED) is 0.787. The van der Waals surface area contributed by atoms with Crippen molar-refractivity contribution >= 4 is 5.91 Å². The molecule has 4 heteroatoms. The van der Waals surface area contributed by atoms with Gasteiger partial charge in [0.1, 0.15) is 5.75 Å². The van der Waals surface area contributed by atoms with Crippen LogP contribution in [-0.2, 0) is 16.0 Å². The number of ether oxygens (including phenoxy) is 1. The van der Waals surface area contributed by atoms with Gasteiger partial charge < -0.3 is 15.2 Å². The van der Waals surface area contributed by atoms with Crippen molar-refractivity contribution in [3.8, 4) is 5.75 Å². The third-order valence-corrected chi connectivity index (χ3v) is 2.32. The fourth-order valence-electron chi connectivity index (χ4n) is 1.50. The second kappa shape index (κ2) is 6.91. The smallest absolute Gasteiger partial charge is 0.224 e. The highest BCUT2D eigenvalue weighted by Gasteiger charge is 2.10. The molecule has 1 unspecified atom stereocenters. The van der Waals surface area contributed by atoms with E-state index in [-0.39, 0.29) is 24.1 Å². The Labute approximate surface area is 102 Å². The summed E-state index contributed by atoms with van der Waals surface area (Å²) in [5.74, 6) is 0.0406. The first kappa shape index (κ1) is 13.5. The molecule has 4 nitrogen and oxygen atoms in total. The maximum atomic E-state index is 11.7. The summed E-state index contributed by atoms with van der Waals surface area (Å²) in [4.78, 5) is 11.7. The van der Waals surface area contributed by atoms with Gasteiger partial charge in [0.15, 0.2) is 0 Å². The Kier molecular flexibility index (Phi) is 5.49. The standard InChI is InChI=1S/C13H19NO3/c1-3-17-9-10(2)14-13(16)8-11-6-4-5-7-12(11)15/h4-7,10,15H,3,8-9H2,1-2H3,(H,14,16). The molecule has 94 valence electrons.